The second-order valence-corrected chi connectivity index (χ2v) is 10.8. The Hall–Kier alpha value is -3.56. The number of amides is 1. The highest BCUT2D eigenvalue weighted by Crippen LogP contribution is 2.35. The molecule has 0 bridgehead atoms. The zero-order chi connectivity index (χ0) is 26.4. The predicted octanol–water partition coefficient (Wildman–Crippen LogP) is 5.52. The molecule has 1 aliphatic heterocycles. The molecule has 0 spiro atoms. The number of carbonyl (C=O) groups excluding carboxylic acids is 1. The first kappa shape index (κ1) is 26.5. The summed E-state index contributed by atoms with van der Waals surface area (Å²) in [6.07, 6.45) is 2.51. The third kappa shape index (κ3) is 6.23. The Kier molecular flexibility index (Phi) is 8.35. The van der Waals surface area contributed by atoms with Gasteiger partial charge in [-0.3, -0.25) is 9.69 Å². The summed E-state index contributed by atoms with van der Waals surface area (Å²) in [5.74, 6) is 0.807. The van der Waals surface area contributed by atoms with Gasteiger partial charge in [0.15, 0.2) is 16.7 Å². The number of aryl methyl sites for hydroxylation is 1. The Morgan fingerprint density at radius 3 is 2.32 bits per heavy atom. The molecule has 0 atom stereocenters. The predicted molar refractivity (Wildman–Crippen MR) is 147 cm³/mol. The Bertz CT molecular complexity index is 1430. The molecule has 1 fully saturated rings. The van der Waals surface area contributed by atoms with Gasteiger partial charge in [0.25, 0.3) is 15.9 Å². The minimum Gasteiger partial charge on any atom is -0.493 e. The minimum absolute atomic E-state index is 0.0918. The average molecular weight is 537 g/mol. The van der Waals surface area contributed by atoms with Crippen molar-refractivity contribution in [3.8, 4) is 11.5 Å². The Labute approximate surface area is 221 Å². The molecule has 7 nitrogen and oxygen atoms in total. The van der Waals surface area contributed by atoms with E-state index in [0.29, 0.717) is 29.6 Å². The van der Waals surface area contributed by atoms with Crippen molar-refractivity contribution in [3.63, 3.8) is 0 Å². The molecule has 3 aromatic rings. The van der Waals surface area contributed by atoms with Crippen LogP contribution < -0.4 is 9.47 Å². The summed E-state index contributed by atoms with van der Waals surface area (Å²) in [5.41, 5.74) is 2.76. The first-order chi connectivity index (χ1) is 17.8. The second-order valence-electron chi connectivity index (χ2n) is 8.19. The van der Waals surface area contributed by atoms with Crippen molar-refractivity contribution in [2.45, 2.75) is 31.8 Å². The maximum atomic E-state index is 13.1. The maximum Gasteiger partial charge on any atom is 0.284 e. The number of rotatable bonds is 9. The van der Waals surface area contributed by atoms with Crippen molar-refractivity contribution in [2.24, 2.45) is 4.40 Å². The van der Waals surface area contributed by atoms with E-state index >= 15 is 0 Å². The van der Waals surface area contributed by atoms with Crippen LogP contribution in [0.25, 0.3) is 6.08 Å². The fourth-order valence-corrected chi connectivity index (χ4v) is 5.93. The van der Waals surface area contributed by atoms with Gasteiger partial charge >= 0.3 is 0 Å². The van der Waals surface area contributed by atoms with Crippen LogP contribution in [0, 0.1) is 0 Å². The molecule has 0 unspecified atom stereocenters. The summed E-state index contributed by atoms with van der Waals surface area (Å²) >= 11 is 1.04. The molecular formula is C28H28N2O5S2. The van der Waals surface area contributed by atoms with Crippen LogP contribution in [0.4, 0.5) is 0 Å². The Morgan fingerprint density at radius 1 is 0.946 bits per heavy atom. The van der Waals surface area contributed by atoms with Crippen LogP contribution >= 0.6 is 11.8 Å². The van der Waals surface area contributed by atoms with Gasteiger partial charge in [-0.2, -0.15) is 8.42 Å². The normalized spacial score (nSPS) is 16.0. The summed E-state index contributed by atoms with van der Waals surface area (Å²) in [5, 5.41) is 0.132. The Morgan fingerprint density at radius 2 is 1.68 bits per heavy atom. The van der Waals surface area contributed by atoms with Crippen LogP contribution in [0.3, 0.4) is 0 Å². The number of hydrogen-bond acceptors (Lipinski definition) is 6. The van der Waals surface area contributed by atoms with Crippen LogP contribution in [0.15, 0.2) is 87.0 Å². The smallest absolute Gasteiger partial charge is 0.284 e. The van der Waals surface area contributed by atoms with Crippen molar-refractivity contribution in [1.82, 2.24) is 4.90 Å². The van der Waals surface area contributed by atoms with Crippen LogP contribution in [-0.2, 0) is 27.8 Å². The number of nitrogens with zero attached hydrogens (tertiary/aromatic N) is 2. The molecule has 1 amide bonds. The highest BCUT2D eigenvalue weighted by Gasteiger charge is 2.34. The molecule has 37 heavy (non-hydrogen) atoms. The fraction of sp³-hybridized carbons (Fsp3) is 0.214. The van der Waals surface area contributed by atoms with E-state index in [9.17, 15) is 13.2 Å². The van der Waals surface area contributed by atoms with Gasteiger partial charge in [0.2, 0.25) is 0 Å². The second kappa shape index (κ2) is 11.7. The summed E-state index contributed by atoms with van der Waals surface area (Å²) in [6, 6.07) is 21.8. The molecular weight excluding hydrogens is 508 g/mol. The van der Waals surface area contributed by atoms with Gasteiger partial charge in [0.05, 0.1) is 16.9 Å². The molecule has 0 radical (unpaired) electrons. The molecule has 0 aromatic heterocycles. The average Bonchev–Trinajstić information content (AvgIpc) is 3.20. The highest BCUT2D eigenvalue weighted by molar-refractivity contribution is 8.19. The number of amidine groups is 1. The number of hydrogen-bond donors (Lipinski definition) is 0. The first-order valence-corrected chi connectivity index (χ1v) is 14.1. The molecule has 1 saturated heterocycles. The summed E-state index contributed by atoms with van der Waals surface area (Å²) < 4.78 is 41.3. The van der Waals surface area contributed by atoms with Gasteiger partial charge < -0.3 is 9.47 Å². The van der Waals surface area contributed by atoms with Crippen molar-refractivity contribution < 1.29 is 22.7 Å². The first-order valence-electron chi connectivity index (χ1n) is 11.8. The van der Waals surface area contributed by atoms with E-state index in [1.165, 1.54) is 4.90 Å². The van der Waals surface area contributed by atoms with E-state index < -0.39 is 10.0 Å². The zero-order valence-electron chi connectivity index (χ0n) is 20.9. The SMILES string of the molecule is CCc1ccc(S(=O)(=O)N=C2S/C(=C\c3ccc(OC)c(OCc4ccccc4)c3)C(=O)N2CC)cc1. The topological polar surface area (TPSA) is 85.3 Å². The molecule has 1 heterocycles. The zero-order valence-corrected chi connectivity index (χ0v) is 22.5. The van der Waals surface area contributed by atoms with E-state index in [1.54, 1.807) is 56.5 Å². The van der Waals surface area contributed by atoms with Gasteiger partial charge in [0.1, 0.15) is 6.61 Å². The van der Waals surface area contributed by atoms with E-state index in [4.69, 9.17) is 9.47 Å². The summed E-state index contributed by atoms with van der Waals surface area (Å²) in [4.78, 5) is 14.9. The number of methoxy groups -OCH3 is 1. The molecule has 3 aromatic carbocycles. The van der Waals surface area contributed by atoms with E-state index in [0.717, 1.165) is 34.9 Å². The van der Waals surface area contributed by atoms with Gasteiger partial charge in [-0.1, -0.05) is 55.5 Å². The third-order valence-electron chi connectivity index (χ3n) is 5.75. The number of thioether (sulfide) groups is 1. The quantitative estimate of drug-likeness (QED) is 0.335. The largest absolute Gasteiger partial charge is 0.493 e. The molecule has 4 rings (SSSR count). The standard InChI is InChI=1S/C28H28N2O5S2/c1-4-20-11-14-23(15-12-20)37(32,33)29-28-30(5-2)27(31)26(36-28)18-22-13-16-24(34-3)25(17-22)35-19-21-9-7-6-8-10-21/h6-18H,4-5,19H2,1-3H3/b26-18-,29-28?. The lowest BCUT2D eigenvalue weighted by atomic mass is 10.1. The van der Waals surface area contributed by atoms with E-state index in [-0.39, 0.29) is 16.0 Å². The van der Waals surface area contributed by atoms with Crippen LogP contribution in [0.2, 0.25) is 0 Å². The van der Waals surface area contributed by atoms with Gasteiger partial charge in [-0.25, -0.2) is 0 Å². The monoisotopic (exact) mass is 536 g/mol. The molecule has 1 aliphatic rings. The highest BCUT2D eigenvalue weighted by atomic mass is 32.2. The van der Waals surface area contributed by atoms with E-state index in [1.807, 2.05) is 43.3 Å². The third-order valence-corrected chi connectivity index (χ3v) is 8.16. The maximum absolute atomic E-state index is 13.1. The molecule has 0 N–H and O–H groups in total. The summed E-state index contributed by atoms with van der Waals surface area (Å²) in [6.45, 7) is 4.43. The molecule has 192 valence electrons. The Balaban J connectivity index is 1.60. The van der Waals surface area contributed by atoms with Crippen molar-refractivity contribution in [1.29, 1.82) is 0 Å². The minimum atomic E-state index is -3.97. The lowest BCUT2D eigenvalue weighted by Crippen LogP contribution is -2.29. The van der Waals surface area contributed by atoms with Crippen molar-refractivity contribution in [3.05, 3.63) is 94.4 Å². The van der Waals surface area contributed by atoms with Crippen LogP contribution in [0.1, 0.15) is 30.5 Å². The lowest BCUT2D eigenvalue weighted by Gasteiger charge is -2.12. The van der Waals surface area contributed by atoms with Gasteiger partial charge in [-0.15, -0.1) is 4.40 Å². The van der Waals surface area contributed by atoms with Crippen LogP contribution in [0.5, 0.6) is 11.5 Å². The number of sulfonamides is 1. The summed E-state index contributed by atoms with van der Waals surface area (Å²) in [7, 11) is -2.40. The van der Waals surface area contributed by atoms with E-state index in [2.05, 4.69) is 4.40 Å². The number of benzene rings is 3. The fourth-order valence-electron chi connectivity index (χ4n) is 3.69. The molecule has 0 aliphatic carbocycles. The van der Waals surface area contributed by atoms with Crippen molar-refractivity contribution >= 4 is 38.9 Å². The van der Waals surface area contributed by atoms with Crippen LogP contribution in [-0.4, -0.2) is 38.0 Å². The number of carbonyl (C=O) groups is 1. The van der Waals surface area contributed by atoms with Gasteiger partial charge in [0, 0.05) is 6.54 Å². The lowest BCUT2D eigenvalue weighted by molar-refractivity contribution is -0.122. The van der Waals surface area contributed by atoms with Gasteiger partial charge in [-0.05, 0) is 72.1 Å². The number of likely N-dealkylation sites (N-methyl/N-ethyl adjacent to an activating group) is 1. The van der Waals surface area contributed by atoms with Crippen molar-refractivity contribution in [2.75, 3.05) is 13.7 Å². The number of ether oxygens (including phenoxy) is 2. The molecule has 9 heteroatoms. The molecule has 0 saturated carbocycles.